The number of rotatable bonds is 4. The van der Waals surface area contributed by atoms with Crippen molar-refractivity contribution in [1.29, 1.82) is 0 Å². The second-order valence-corrected chi connectivity index (χ2v) is 6.32. The molecule has 0 aromatic heterocycles. The minimum Gasteiger partial charge on any atom is -0.454 e. The molecule has 140 valence electrons. The number of ketones is 1. The van der Waals surface area contributed by atoms with Gasteiger partial charge in [-0.15, -0.1) is 0 Å². The Labute approximate surface area is 160 Å². The van der Waals surface area contributed by atoms with Gasteiger partial charge in [-0.2, -0.15) is 0 Å². The number of hydrogen-bond donors (Lipinski definition) is 1. The van der Waals surface area contributed by atoms with E-state index >= 15 is 0 Å². The first-order chi connectivity index (χ1) is 13.5. The standard InChI is InChI=1S/C22H16FNO4/c1-13(25)17-10-20-21(28-12-27-20)11-19(17)24-22(26)16-8-7-15(9-18(16)23)14-5-3-2-4-6-14/h2-11H,12H2,1H3,(H,24,26). The molecule has 0 atom stereocenters. The Morgan fingerprint density at radius 2 is 1.61 bits per heavy atom. The highest BCUT2D eigenvalue weighted by Gasteiger charge is 2.21. The predicted molar refractivity (Wildman–Crippen MR) is 102 cm³/mol. The number of Topliss-reactive ketones (excluding diaryl/α,β-unsaturated/α-hetero) is 1. The monoisotopic (exact) mass is 377 g/mol. The van der Waals surface area contributed by atoms with Crippen LogP contribution >= 0.6 is 0 Å². The van der Waals surface area contributed by atoms with E-state index in [0.717, 1.165) is 5.56 Å². The van der Waals surface area contributed by atoms with E-state index in [4.69, 9.17) is 9.47 Å². The average Bonchev–Trinajstić information content (AvgIpc) is 3.15. The average molecular weight is 377 g/mol. The molecule has 0 bridgehead atoms. The molecule has 5 nitrogen and oxygen atoms in total. The number of anilines is 1. The maximum Gasteiger partial charge on any atom is 0.258 e. The normalized spacial score (nSPS) is 11.9. The lowest BCUT2D eigenvalue weighted by atomic mass is 10.0. The summed E-state index contributed by atoms with van der Waals surface area (Å²) in [7, 11) is 0. The van der Waals surface area contributed by atoms with Gasteiger partial charge >= 0.3 is 0 Å². The number of fused-ring (bicyclic) bond motifs is 1. The number of nitrogens with one attached hydrogen (secondary N) is 1. The summed E-state index contributed by atoms with van der Waals surface area (Å²) < 4.78 is 25.1. The van der Waals surface area contributed by atoms with Crippen LogP contribution in [0.5, 0.6) is 11.5 Å². The van der Waals surface area contributed by atoms with E-state index in [0.29, 0.717) is 17.1 Å². The lowest BCUT2D eigenvalue weighted by Gasteiger charge is -2.12. The number of benzene rings is 3. The van der Waals surface area contributed by atoms with Crippen LogP contribution in [0, 0.1) is 5.82 Å². The number of carbonyl (C=O) groups is 2. The molecule has 1 amide bonds. The fraction of sp³-hybridized carbons (Fsp3) is 0.0909. The molecule has 3 aromatic carbocycles. The van der Waals surface area contributed by atoms with Gasteiger partial charge in [-0.25, -0.2) is 4.39 Å². The Kier molecular flexibility index (Phi) is 4.53. The zero-order valence-corrected chi connectivity index (χ0v) is 15.0. The Balaban J connectivity index is 1.63. The molecule has 3 aromatic rings. The van der Waals surface area contributed by atoms with Gasteiger partial charge in [0.15, 0.2) is 17.3 Å². The minimum absolute atomic E-state index is 0.0413. The SMILES string of the molecule is CC(=O)c1cc2c(cc1NC(=O)c1ccc(-c3ccccc3)cc1F)OCO2. The van der Waals surface area contributed by atoms with Crippen molar-refractivity contribution < 1.29 is 23.5 Å². The van der Waals surface area contributed by atoms with E-state index in [-0.39, 0.29) is 29.4 Å². The van der Waals surface area contributed by atoms with Gasteiger partial charge in [0, 0.05) is 11.6 Å². The van der Waals surface area contributed by atoms with Gasteiger partial charge < -0.3 is 14.8 Å². The molecule has 28 heavy (non-hydrogen) atoms. The third kappa shape index (κ3) is 3.32. The quantitative estimate of drug-likeness (QED) is 0.671. The fourth-order valence-electron chi connectivity index (χ4n) is 3.04. The van der Waals surface area contributed by atoms with Crippen LogP contribution in [0.4, 0.5) is 10.1 Å². The van der Waals surface area contributed by atoms with E-state index in [1.54, 1.807) is 6.07 Å². The summed E-state index contributed by atoms with van der Waals surface area (Å²) in [6.45, 7) is 1.42. The van der Waals surface area contributed by atoms with Crippen LogP contribution < -0.4 is 14.8 Å². The highest BCUT2D eigenvalue weighted by Crippen LogP contribution is 2.37. The summed E-state index contributed by atoms with van der Waals surface area (Å²) in [6, 6.07) is 16.7. The summed E-state index contributed by atoms with van der Waals surface area (Å²) in [4.78, 5) is 24.6. The van der Waals surface area contributed by atoms with Gasteiger partial charge in [0.05, 0.1) is 11.3 Å². The molecule has 0 saturated heterocycles. The van der Waals surface area contributed by atoms with Gasteiger partial charge in [0.2, 0.25) is 6.79 Å². The summed E-state index contributed by atoms with van der Waals surface area (Å²) in [5.41, 5.74) is 1.91. The highest BCUT2D eigenvalue weighted by molar-refractivity contribution is 6.09. The van der Waals surface area contributed by atoms with Crippen molar-refractivity contribution in [3.63, 3.8) is 0 Å². The third-order valence-electron chi connectivity index (χ3n) is 4.46. The minimum atomic E-state index is -0.654. The van der Waals surface area contributed by atoms with Crippen LogP contribution in [0.3, 0.4) is 0 Å². The molecule has 0 saturated carbocycles. The largest absolute Gasteiger partial charge is 0.454 e. The Bertz CT molecular complexity index is 1080. The topological polar surface area (TPSA) is 64.6 Å². The first kappa shape index (κ1) is 17.7. The molecule has 1 aliphatic heterocycles. The van der Waals surface area contributed by atoms with Crippen LogP contribution in [0.2, 0.25) is 0 Å². The van der Waals surface area contributed by atoms with E-state index in [9.17, 15) is 14.0 Å². The summed E-state index contributed by atoms with van der Waals surface area (Å²) in [5, 5.41) is 2.60. The number of ether oxygens (including phenoxy) is 2. The highest BCUT2D eigenvalue weighted by atomic mass is 19.1. The molecular formula is C22H16FNO4. The molecule has 0 aliphatic carbocycles. The third-order valence-corrected chi connectivity index (χ3v) is 4.46. The maximum atomic E-state index is 14.6. The zero-order chi connectivity index (χ0) is 19.7. The molecule has 1 aliphatic rings. The zero-order valence-electron chi connectivity index (χ0n) is 15.0. The van der Waals surface area contributed by atoms with Crippen molar-refractivity contribution in [3.05, 3.63) is 77.6 Å². The van der Waals surface area contributed by atoms with Crippen molar-refractivity contribution in [3.8, 4) is 22.6 Å². The molecule has 0 unspecified atom stereocenters. The summed E-state index contributed by atoms with van der Waals surface area (Å²) in [6.07, 6.45) is 0. The number of halogens is 1. The summed E-state index contributed by atoms with van der Waals surface area (Å²) >= 11 is 0. The van der Waals surface area contributed by atoms with Crippen LogP contribution in [-0.2, 0) is 0 Å². The van der Waals surface area contributed by atoms with Crippen molar-refractivity contribution in [2.45, 2.75) is 6.92 Å². The molecule has 1 heterocycles. The molecule has 0 radical (unpaired) electrons. The second-order valence-electron chi connectivity index (χ2n) is 6.32. The van der Waals surface area contributed by atoms with Gasteiger partial charge in [0.25, 0.3) is 5.91 Å². The molecule has 1 N–H and O–H groups in total. The molecule has 4 rings (SSSR count). The maximum absolute atomic E-state index is 14.6. The van der Waals surface area contributed by atoms with Gasteiger partial charge in [-0.05, 0) is 36.2 Å². The lowest BCUT2D eigenvalue weighted by Crippen LogP contribution is -2.16. The molecule has 0 fully saturated rings. The van der Waals surface area contributed by atoms with Crippen molar-refractivity contribution in [2.75, 3.05) is 12.1 Å². The van der Waals surface area contributed by atoms with Gasteiger partial charge in [-0.1, -0.05) is 36.4 Å². The van der Waals surface area contributed by atoms with Crippen molar-refractivity contribution >= 4 is 17.4 Å². The Morgan fingerprint density at radius 1 is 0.893 bits per heavy atom. The lowest BCUT2D eigenvalue weighted by molar-refractivity contribution is 0.101. The van der Waals surface area contributed by atoms with Gasteiger partial charge in [-0.3, -0.25) is 9.59 Å². The van der Waals surface area contributed by atoms with Crippen molar-refractivity contribution in [2.24, 2.45) is 0 Å². The number of amides is 1. The van der Waals surface area contributed by atoms with Gasteiger partial charge in [0.1, 0.15) is 5.82 Å². The van der Waals surface area contributed by atoms with Crippen LogP contribution in [0.25, 0.3) is 11.1 Å². The van der Waals surface area contributed by atoms with Crippen LogP contribution in [0.15, 0.2) is 60.7 Å². The smallest absolute Gasteiger partial charge is 0.258 e. The predicted octanol–water partition coefficient (Wildman–Crippen LogP) is 4.68. The van der Waals surface area contributed by atoms with Crippen molar-refractivity contribution in [1.82, 2.24) is 0 Å². The number of carbonyl (C=O) groups excluding carboxylic acids is 2. The van der Waals surface area contributed by atoms with E-state index in [1.165, 1.54) is 31.2 Å². The van der Waals surface area contributed by atoms with E-state index in [2.05, 4.69) is 5.32 Å². The Hall–Kier alpha value is -3.67. The molecule has 0 spiro atoms. The first-order valence-electron chi connectivity index (χ1n) is 8.64. The Morgan fingerprint density at radius 3 is 2.29 bits per heavy atom. The van der Waals surface area contributed by atoms with E-state index in [1.807, 2.05) is 30.3 Å². The molecular weight excluding hydrogens is 361 g/mol. The van der Waals surface area contributed by atoms with E-state index < -0.39 is 11.7 Å². The summed E-state index contributed by atoms with van der Waals surface area (Å²) in [5.74, 6) is -0.710. The number of hydrogen-bond acceptors (Lipinski definition) is 4. The molecule has 6 heteroatoms. The first-order valence-corrected chi connectivity index (χ1v) is 8.64. The second kappa shape index (κ2) is 7.15. The van der Waals surface area contributed by atoms with Crippen LogP contribution in [0.1, 0.15) is 27.6 Å². The van der Waals surface area contributed by atoms with Crippen LogP contribution in [-0.4, -0.2) is 18.5 Å². The fourth-order valence-corrected chi connectivity index (χ4v) is 3.04.